The third-order valence-electron chi connectivity index (χ3n) is 9.55. The summed E-state index contributed by atoms with van der Waals surface area (Å²) in [6.07, 6.45) is -4.43. The summed E-state index contributed by atoms with van der Waals surface area (Å²) in [5.74, 6) is -3.43. The molecule has 5 rings (SSSR count). The molecule has 4 fully saturated rings. The van der Waals surface area contributed by atoms with Crippen molar-refractivity contribution >= 4 is 23.9 Å². The topological polar surface area (TPSA) is 124 Å². The third kappa shape index (κ3) is 4.32. The highest BCUT2D eigenvalue weighted by Gasteiger charge is 2.77. The zero-order chi connectivity index (χ0) is 28.3. The van der Waals surface area contributed by atoms with E-state index in [1.165, 1.54) is 20.8 Å². The van der Waals surface area contributed by atoms with Gasteiger partial charge in [0.1, 0.15) is 12.2 Å². The van der Waals surface area contributed by atoms with E-state index in [4.69, 9.17) is 28.4 Å². The number of carbonyl (C=O) groups excluding carboxylic acids is 4. The summed E-state index contributed by atoms with van der Waals surface area (Å²) in [7, 11) is 0. The highest BCUT2D eigenvalue weighted by molar-refractivity contribution is 5.89. The fourth-order valence-electron chi connectivity index (χ4n) is 7.28. The standard InChI is InChI=1S/C29H36O10/c1-15(30)34-20-21(35-16(2)31)23(37-26(33)18-10-8-7-9-11-18)25-24(22(20)36-17(3)32)38-29(39-25)14-19-12-13-28(29,6)27(19,4)5/h7-11,19-25H,12-14H2,1-6H3/t19-,20-,21-,22+,23-,24-,25+,28-,29?/m1/s1. The Morgan fingerprint density at radius 2 is 1.23 bits per heavy atom. The van der Waals surface area contributed by atoms with Gasteiger partial charge in [-0.25, -0.2) is 4.79 Å². The predicted molar refractivity (Wildman–Crippen MR) is 134 cm³/mol. The van der Waals surface area contributed by atoms with Crippen molar-refractivity contribution in [3.63, 3.8) is 0 Å². The zero-order valence-electron chi connectivity index (χ0n) is 23.1. The van der Waals surface area contributed by atoms with E-state index in [2.05, 4.69) is 20.8 Å². The molecule has 0 N–H and O–H groups in total. The lowest BCUT2D eigenvalue weighted by Crippen LogP contribution is -2.66. The van der Waals surface area contributed by atoms with E-state index in [-0.39, 0.29) is 11.0 Å². The Labute approximate surface area is 227 Å². The van der Waals surface area contributed by atoms with Crippen molar-refractivity contribution in [1.29, 1.82) is 0 Å². The van der Waals surface area contributed by atoms with Crippen molar-refractivity contribution in [2.75, 3.05) is 0 Å². The smallest absolute Gasteiger partial charge is 0.338 e. The van der Waals surface area contributed by atoms with E-state index >= 15 is 0 Å². The van der Waals surface area contributed by atoms with E-state index < -0.39 is 71.7 Å². The maximum absolute atomic E-state index is 13.3. The predicted octanol–water partition coefficient (Wildman–Crippen LogP) is 3.35. The van der Waals surface area contributed by atoms with E-state index in [0.29, 0.717) is 12.3 Å². The Bertz CT molecular complexity index is 1160. The largest absolute Gasteiger partial charge is 0.456 e. The van der Waals surface area contributed by atoms with Crippen molar-refractivity contribution in [2.45, 2.75) is 103 Å². The van der Waals surface area contributed by atoms with Crippen LogP contribution in [-0.4, -0.2) is 66.3 Å². The Hall–Kier alpha value is -2.98. The molecule has 10 heteroatoms. The van der Waals surface area contributed by atoms with Crippen molar-refractivity contribution in [1.82, 2.24) is 0 Å². The molecule has 9 atom stereocenters. The van der Waals surface area contributed by atoms with Crippen LogP contribution in [0, 0.1) is 16.7 Å². The van der Waals surface area contributed by atoms with Gasteiger partial charge in [-0.3, -0.25) is 14.4 Å². The van der Waals surface area contributed by atoms with Gasteiger partial charge in [-0.15, -0.1) is 0 Å². The van der Waals surface area contributed by atoms with Gasteiger partial charge in [-0.05, 0) is 36.3 Å². The zero-order valence-corrected chi connectivity index (χ0v) is 23.1. The minimum Gasteiger partial charge on any atom is -0.456 e. The van der Waals surface area contributed by atoms with Crippen LogP contribution in [0.25, 0.3) is 0 Å². The van der Waals surface area contributed by atoms with Crippen LogP contribution in [0.5, 0.6) is 0 Å². The second kappa shape index (κ2) is 9.59. The molecule has 1 aromatic carbocycles. The normalized spacial score (nSPS) is 39.6. The molecule has 1 spiro atoms. The summed E-state index contributed by atoms with van der Waals surface area (Å²) < 4.78 is 36.5. The Morgan fingerprint density at radius 1 is 0.744 bits per heavy atom. The van der Waals surface area contributed by atoms with Gasteiger partial charge in [-0.1, -0.05) is 39.0 Å². The first-order valence-corrected chi connectivity index (χ1v) is 13.4. The number of carbonyl (C=O) groups is 4. The molecule has 1 heterocycles. The van der Waals surface area contributed by atoms with E-state index in [0.717, 1.165) is 12.8 Å². The molecule has 1 aliphatic heterocycles. The average Bonchev–Trinajstić information content (AvgIpc) is 3.40. The van der Waals surface area contributed by atoms with E-state index in [1.807, 2.05) is 0 Å². The first-order valence-electron chi connectivity index (χ1n) is 13.4. The molecule has 4 aliphatic rings. The van der Waals surface area contributed by atoms with E-state index in [9.17, 15) is 19.2 Å². The summed E-state index contributed by atoms with van der Waals surface area (Å²) in [5, 5.41) is 0. The Morgan fingerprint density at radius 3 is 1.67 bits per heavy atom. The van der Waals surface area contributed by atoms with Crippen LogP contribution < -0.4 is 0 Å². The van der Waals surface area contributed by atoms with Gasteiger partial charge >= 0.3 is 23.9 Å². The minimum absolute atomic E-state index is 0.113. The second-order valence-corrected chi connectivity index (χ2v) is 11.9. The minimum atomic E-state index is -1.32. The number of fused-ring (bicyclic) bond motifs is 4. The fraction of sp³-hybridized carbons (Fsp3) is 0.655. The van der Waals surface area contributed by atoms with Crippen LogP contribution in [-0.2, 0) is 42.8 Å². The van der Waals surface area contributed by atoms with Gasteiger partial charge in [0.05, 0.1) is 5.56 Å². The molecule has 0 aromatic heterocycles. The van der Waals surface area contributed by atoms with Gasteiger partial charge < -0.3 is 28.4 Å². The maximum atomic E-state index is 13.3. The molecule has 1 aromatic rings. The highest BCUT2D eigenvalue weighted by Crippen LogP contribution is 2.73. The monoisotopic (exact) mass is 544 g/mol. The first-order chi connectivity index (χ1) is 18.3. The lowest BCUT2D eigenvalue weighted by molar-refractivity contribution is -0.257. The molecule has 2 bridgehead atoms. The summed E-state index contributed by atoms with van der Waals surface area (Å²) >= 11 is 0. The number of esters is 4. The van der Waals surface area contributed by atoms with Gasteiger partial charge in [0.25, 0.3) is 0 Å². The summed E-state index contributed by atoms with van der Waals surface area (Å²) in [6.45, 7) is 10.2. The SMILES string of the molecule is CC(=O)O[C@@H]1[C@@H](OC(C)=O)[C@@H](OC(=O)c2ccccc2)[C@@H]2OC3(C[C@H]4CC[C@]3(C)C4(C)C)O[C@@H]2[C@H]1OC(C)=O. The van der Waals surface area contributed by atoms with Gasteiger partial charge in [-0.2, -0.15) is 0 Å². The van der Waals surface area contributed by atoms with E-state index in [1.54, 1.807) is 30.3 Å². The second-order valence-electron chi connectivity index (χ2n) is 11.9. The number of benzene rings is 1. The Balaban J connectivity index is 1.60. The van der Waals surface area contributed by atoms with Gasteiger partial charge in [0.2, 0.25) is 0 Å². The molecule has 39 heavy (non-hydrogen) atoms. The molecule has 3 saturated carbocycles. The van der Waals surface area contributed by atoms with Crippen LogP contribution in [0.4, 0.5) is 0 Å². The van der Waals surface area contributed by atoms with Crippen molar-refractivity contribution < 1.29 is 47.6 Å². The van der Waals surface area contributed by atoms with Crippen molar-refractivity contribution in [3.05, 3.63) is 35.9 Å². The lowest BCUT2D eigenvalue weighted by atomic mass is 9.68. The van der Waals surface area contributed by atoms with Crippen LogP contribution in [0.15, 0.2) is 30.3 Å². The lowest BCUT2D eigenvalue weighted by Gasteiger charge is -2.45. The van der Waals surface area contributed by atoms with Crippen molar-refractivity contribution in [3.8, 4) is 0 Å². The number of rotatable bonds is 5. The number of hydrogen-bond acceptors (Lipinski definition) is 10. The molecule has 10 nitrogen and oxygen atoms in total. The van der Waals surface area contributed by atoms with Crippen LogP contribution in [0.1, 0.15) is 71.2 Å². The maximum Gasteiger partial charge on any atom is 0.338 e. The molecule has 3 aliphatic carbocycles. The van der Waals surface area contributed by atoms with Crippen LogP contribution >= 0.6 is 0 Å². The Kier molecular flexibility index (Phi) is 6.78. The van der Waals surface area contributed by atoms with Gasteiger partial charge in [0, 0.05) is 32.6 Å². The van der Waals surface area contributed by atoms with Crippen LogP contribution in [0.2, 0.25) is 0 Å². The number of hydrogen-bond donors (Lipinski definition) is 0. The quantitative estimate of drug-likeness (QED) is 0.403. The fourth-order valence-corrected chi connectivity index (χ4v) is 7.28. The third-order valence-corrected chi connectivity index (χ3v) is 9.55. The summed E-state index contributed by atoms with van der Waals surface area (Å²) in [6, 6.07) is 8.36. The molecule has 0 radical (unpaired) electrons. The molecular formula is C29H36O10. The van der Waals surface area contributed by atoms with Crippen LogP contribution in [0.3, 0.4) is 0 Å². The first kappa shape index (κ1) is 27.6. The molecular weight excluding hydrogens is 508 g/mol. The van der Waals surface area contributed by atoms with Gasteiger partial charge in [0.15, 0.2) is 30.2 Å². The summed E-state index contributed by atoms with van der Waals surface area (Å²) in [5.41, 5.74) is -0.230. The molecule has 212 valence electrons. The van der Waals surface area contributed by atoms with Crippen molar-refractivity contribution in [2.24, 2.45) is 16.7 Å². The average molecular weight is 545 g/mol. The number of ether oxygens (including phenoxy) is 6. The highest BCUT2D eigenvalue weighted by atomic mass is 16.8. The molecule has 1 saturated heterocycles. The molecule has 0 amide bonds. The molecule has 1 unspecified atom stereocenters. The summed E-state index contributed by atoms with van der Waals surface area (Å²) in [4.78, 5) is 50.0.